The number of aliphatic hydroxyl groups is 1. The monoisotopic (exact) mass is 265 g/mol. The Balaban J connectivity index is 2.46. The highest BCUT2D eigenvalue weighted by atomic mass is 16.5. The summed E-state index contributed by atoms with van der Waals surface area (Å²) in [6.45, 7) is 8.47. The van der Waals surface area contributed by atoms with E-state index >= 15 is 0 Å². The minimum absolute atomic E-state index is 0.0968. The number of hydrogen-bond donors (Lipinski definition) is 1. The number of aromatic nitrogens is 1. The van der Waals surface area contributed by atoms with Crippen molar-refractivity contribution in [1.82, 2.24) is 4.57 Å². The topological polar surface area (TPSA) is 51.5 Å². The van der Waals surface area contributed by atoms with Gasteiger partial charge in [-0.05, 0) is 52.2 Å². The lowest BCUT2D eigenvalue weighted by molar-refractivity contribution is 0.0735. The molecule has 1 unspecified atom stereocenters. The van der Waals surface area contributed by atoms with Crippen LogP contribution in [0, 0.1) is 13.8 Å². The number of aryl methyl sites for hydroxylation is 2. The van der Waals surface area contributed by atoms with Gasteiger partial charge in [-0.1, -0.05) is 0 Å². The van der Waals surface area contributed by atoms with Gasteiger partial charge in [-0.25, -0.2) is 0 Å². The van der Waals surface area contributed by atoms with Crippen LogP contribution in [-0.2, 0) is 16.9 Å². The maximum absolute atomic E-state index is 12.6. The van der Waals surface area contributed by atoms with Gasteiger partial charge < -0.3 is 14.4 Å². The summed E-state index contributed by atoms with van der Waals surface area (Å²) in [5, 5.41) is 10.2. The number of rotatable bonds is 3. The molecule has 4 heteroatoms. The maximum Gasteiger partial charge on any atom is 0.257 e. The summed E-state index contributed by atoms with van der Waals surface area (Å²) in [4.78, 5) is 12.6. The molecule has 4 nitrogen and oxygen atoms in total. The highest BCUT2D eigenvalue weighted by molar-refractivity contribution is 5.30. The summed E-state index contributed by atoms with van der Waals surface area (Å²) in [5.74, 6) is 0. The van der Waals surface area contributed by atoms with E-state index in [0.717, 1.165) is 30.7 Å². The van der Waals surface area contributed by atoms with E-state index in [2.05, 4.69) is 0 Å². The van der Waals surface area contributed by atoms with Gasteiger partial charge in [0.2, 0.25) is 0 Å². The molecule has 0 aromatic carbocycles. The molecule has 1 fully saturated rings. The van der Waals surface area contributed by atoms with Crippen LogP contribution in [0.1, 0.15) is 43.5 Å². The van der Waals surface area contributed by atoms with E-state index in [4.69, 9.17) is 4.74 Å². The minimum Gasteiger partial charge on any atom is -0.386 e. The first-order chi connectivity index (χ1) is 8.80. The molecule has 1 aromatic heterocycles. The van der Waals surface area contributed by atoms with Crippen molar-refractivity contribution in [2.24, 2.45) is 0 Å². The van der Waals surface area contributed by atoms with Crippen molar-refractivity contribution in [1.29, 1.82) is 0 Å². The van der Waals surface area contributed by atoms with Gasteiger partial charge in [0.15, 0.2) is 0 Å². The zero-order valence-electron chi connectivity index (χ0n) is 12.2. The normalized spacial score (nSPS) is 19.9. The first kappa shape index (κ1) is 14.3. The molecule has 2 rings (SSSR count). The molecule has 19 heavy (non-hydrogen) atoms. The van der Waals surface area contributed by atoms with Crippen LogP contribution >= 0.6 is 0 Å². The fraction of sp³-hybridized carbons (Fsp3) is 0.667. The summed E-state index contributed by atoms with van der Waals surface area (Å²) in [7, 11) is 0. The Morgan fingerprint density at radius 3 is 2.68 bits per heavy atom. The van der Waals surface area contributed by atoms with E-state index in [1.807, 2.05) is 19.9 Å². The van der Waals surface area contributed by atoms with Crippen LogP contribution in [-0.4, -0.2) is 22.4 Å². The Morgan fingerprint density at radius 1 is 1.47 bits per heavy atom. The maximum atomic E-state index is 12.6. The summed E-state index contributed by atoms with van der Waals surface area (Å²) in [5.41, 5.74) is 1.04. The van der Waals surface area contributed by atoms with Crippen LogP contribution in [0.3, 0.4) is 0 Å². The first-order valence-corrected chi connectivity index (χ1v) is 6.86. The second-order valence-electron chi connectivity index (χ2n) is 5.95. The quantitative estimate of drug-likeness (QED) is 0.907. The van der Waals surface area contributed by atoms with E-state index < -0.39 is 5.60 Å². The Morgan fingerprint density at radius 2 is 2.16 bits per heavy atom. The minimum atomic E-state index is -1.12. The molecule has 1 aromatic rings. The van der Waals surface area contributed by atoms with Crippen LogP contribution in [0.2, 0.25) is 0 Å². The van der Waals surface area contributed by atoms with Crippen molar-refractivity contribution >= 4 is 0 Å². The summed E-state index contributed by atoms with van der Waals surface area (Å²) >= 11 is 0. The fourth-order valence-corrected chi connectivity index (χ4v) is 2.89. The molecule has 2 heterocycles. The lowest BCUT2D eigenvalue weighted by atomic mass is 9.94. The lowest BCUT2D eigenvalue weighted by Gasteiger charge is -2.23. The molecule has 1 saturated heterocycles. The van der Waals surface area contributed by atoms with Crippen LogP contribution in [0.25, 0.3) is 0 Å². The predicted molar refractivity (Wildman–Crippen MR) is 74.4 cm³/mol. The average molecular weight is 265 g/mol. The third-order valence-electron chi connectivity index (χ3n) is 3.73. The van der Waals surface area contributed by atoms with Gasteiger partial charge in [0.05, 0.1) is 23.8 Å². The number of nitrogens with zero attached hydrogens (tertiary/aromatic N) is 1. The zero-order valence-corrected chi connectivity index (χ0v) is 12.2. The van der Waals surface area contributed by atoms with Gasteiger partial charge in [-0.2, -0.15) is 0 Å². The Kier molecular flexibility index (Phi) is 3.83. The molecular weight excluding hydrogens is 242 g/mol. The first-order valence-electron chi connectivity index (χ1n) is 6.86. The van der Waals surface area contributed by atoms with Gasteiger partial charge in [0.1, 0.15) is 0 Å². The zero-order chi connectivity index (χ0) is 14.2. The molecule has 1 aliphatic rings. The van der Waals surface area contributed by atoms with Gasteiger partial charge in [0.25, 0.3) is 5.56 Å². The lowest BCUT2D eigenvalue weighted by Crippen LogP contribution is -2.36. The molecule has 0 radical (unpaired) electrons. The molecule has 1 aliphatic heterocycles. The molecule has 0 bridgehead atoms. The summed E-state index contributed by atoms with van der Waals surface area (Å²) < 4.78 is 7.33. The van der Waals surface area contributed by atoms with E-state index in [0.29, 0.717) is 12.1 Å². The Bertz CT molecular complexity index is 519. The third kappa shape index (κ3) is 2.90. The molecule has 0 spiro atoms. The Hall–Kier alpha value is -1.13. The third-order valence-corrected chi connectivity index (χ3v) is 3.73. The van der Waals surface area contributed by atoms with Gasteiger partial charge in [-0.3, -0.25) is 4.79 Å². The number of hydrogen-bond acceptors (Lipinski definition) is 3. The Labute approximate surface area is 114 Å². The molecule has 0 saturated carbocycles. The molecule has 106 valence electrons. The van der Waals surface area contributed by atoms with Crippen LogP contribution < -0.4 is 5.56 Å². The van der Waals surface area contributed by atoms with Crippen molar-refractivity contribution in [3.05, 3.63) is 33.2 Å². The number of pyridine rings is 1. The van der Waals surface area contributed by atoms with Gasteiger partial charge >= 0.3 is 0 Å². The second-order valence-corrected chi connectivity index (χ2v) is 5.95. The summed E-state index contributed by atoms with van der Waals surface area (Å²) in [6, 6.07) is 1.96. The smallest absolute Gasteiger partial charge is 0.257 e. The van der Waals surface area contributed by atoms with Crippen LogP contribution in [0.15, 0.2) is 10.9 Å². The predicted octanol–water partition coefficient (Wildman–Crippen LogP) is 1.87. The highest BCUT2D eigenvalue weighted by Crippen LogP contribution is 2.21. The number of ether oxygens (including phenoxy) is 1. The van der Waals surface area contributed by atoms with Crippen molar-refractivity contribution in [3.8, 4) is 0 Å². The van der Waals surface area contributed by atoms with E-state index in [-0.39, 0.29) is 11.7 Å². The molecule has 0 amide bonds. The summed E-state index contributed by atoms with van der Waals surface area (Å²) in [6.07, 6.45) is 2.18. The standard InChI is InChI=1S/C15H23NO3/c1-10-8-11(2)16(9-12-6-5-7-19-12)14(17)13(10)15(3,4)18/h8,12,18H,5-7,9H2,1-4H3. The van der Waals surface area contributed by atoms with Gasteiger partial charge in [0, 0.05) is 12.3 Å². The fourth-order valence-electron chi connectivity index (χ4n) is 2.89. The van der Waals surface area contributed by atoms with E-state index in [1.54, 1.807) is 18.4 Å². The molecular formula is C15H23NO3. The van der Waals surface area contributed by atoms with E-state index in [1.165, 1.54) is 0 Å². The van der Waals surface area contributed by atoms with E-state index in [9.17, 15) is 9.90 Å². The van der Waals surface area contributed by atoms with Crippen molar-refractivity contribution in [3.63, 3.8) is 0 Å². The highest BCUT2D eigenvalue weighted by Gasteiger charge is 2.26. The van der Waals surface area contributed by atoms with Crippen molar-refractivity contribution in [2.75, 3.05) is 6.61 Å². The largest absolute Gasteiger partial charge is 0.386 e. The van der Waals surface area contributed by atoms with Gasteiger partial charge in [-0.15, -0.1) is 0 Å². The molecule has 0 aliphatic carbocycles. The second kappa shape index (κ2) is 5.10. The van der Waals surface area contributed by atoms with Crippen LogP contribution in [0.5, 0.6) is 0 Å². The molecule has 1 atom stereocenters. The SMILES string of the molecule is Cc1cc(C)n(CC2CCCO2)c(=O)c1C(C)(C)O. The van der Waals surface area contributed by atoms with Crippen molar-refractivity contribution < 1.29 is 9.84 Å². The molecule has 1 N–H and O–H groups in total. The average Bonchev–Trinajstić information content (AvgIpc) is 2.74. The van der Waals surface area contributed by atoms with Crippen molar-refractivity contribution in [2.45, 2.75) is 58.8 Å². The van der Waals surface area contributed by atoms with Crippen LogP contribution in [0.4, 0.5) is 0 Å².